The molecule has 3 nitrogen and oxygen atoms in total. The molecule has 0 bridgehead atoms. The van der Waals surface area contributed by atoms with Crippen molar-refractivity contribution in [2.45, 2.75) is 13.5 Å². The average Bonchev–Trinajstić information content (AvgIpc) is 2.25. The molecule has 0 saturated heterocycles. The minimum Gasteiger partial charge on any atom is -0.392 e. The van der Waals surface area contributed by atoms with E-state index in [4.69, 9.17) is 5.11 Å². The van der Waals surface area contributed by atoms with E-state index in [2.05, 4.69) is 16.1 Å². The van der Waals surface area contributed by atoms with E-state index in [0.29, 0.717) is 0 Å². The molecule has 0 fully saturated rings. The molecule has 0 spiro atoms. The van der Waals surface area contributed by atoms with Crippen LogP contribution in [0.15, 0.2) is 12.3 Å². The molecule has 1 N–H and O–H groups in total. The largest absolute Gasteiger partial charge is 0.392 e. The average molecular weight is 226 g/mol. The first kappa shape index (κ1) is 12.3. The number of anilines is 1. The lowest BCUT2D eigenvalue weighted by atomic mass is 10.2. The molecular weight excluding hydrogens is 208 g/mol. The Morgan fingerprint density at radius 2 is 2.27 bits per heavy atom. The van der Waals surface area contributed by atoms with Gasteiger partial charge < -0.3 is 10.0 Å². The normalized spacial score (nSPS) is 10.4. The van der Waals surface area contributed by atoms with Gasteiger partial charge in [-0.3, -0.25) is 0 Å². The fourth-order valence-electron chi connectivity index (χ4n) is 1.45. The smallest absolute Gasteiger partial charge is 0.131 e. The number of rotatable bonds is 5. The summed E-state index contributed by atoms with van der Waals surface area (Å²) < 4.78 is 0. The zero-order valence-electron chi connectivity index (χ0n) is 9.53. The first-order valence-electron chi connectivity index (χ1n) is 4.95. The summed E-state index contributed by atoms with van der Waals surface area (Å²) >= 11 is 1.83. The molecule has 4 heteroatoms. The minimum absolute atomic E-state index is 0.0582. The standard InChI is InChI=1S/C11H18N2OS/c1-9-6-10(8-14)7-12-11(9)13(2)4-5-15-3/h6-7,14H,4-5,8H2,1-3H3. The van der Waals surface area contributed by atoms with Gasteiger partial charge in [0.15, 0.2) is 0 Å². The van der Waals surface area contributed by atoms with Gasteiger partial charge in [-0.05, 0) is 30.4 Å². The Morgan fingerprint density at radius 1 is 1.53 bits per heavy atom. The second kappa shape index (κ2) is 5.98. The van der Waals surface area contributed by atoms with Crippen molar-refractivity contribution in [1.29, 1.82) is 0 Å². The maximum atomic E-state index is 8.98. The number of aryl methyl sites for hydroxylation is 1. The zero-order chi connectivity index (χ0) is 11.3. The molecule has 15 heavy (non-hydrogen) atoms. The first-order valence-corrected chi connectivity index (χ1v) is 6.35. The summed E-state index contributed by atoms with van der Waals surface area (Å²) in [7, 11) is 2.05. The van der Waals surface area contributed by atoms with E-state index in [-0.39, 0.29) is 6.61 Å². The van der Waals surface area contributed by atoms with Crippen molar-refractivity contribution in [3.8, 4) is 0 Å². The lowest BCUT2D eigenvalue weighted by molar-refractivity contribution is 0.281. The predicted molar refractivity (Wildman–Crippen MR) is 66.5 cm³/mol. The van der Waals surface area contributed by atoms with Gasteiger partial charge in [0, 0.05) is 25.5 Å². The molecule has 0 atom stereocenters. The molecule has 1 heterocycles. The molecule has 84 valence electrons. The topological polar surface area (TPSA) is 36.4 Å². The van der Waals surface area contributed by atoms with Gasteiger partial charge in [-0.15, -0.1) is 0 Å². The Morgan fingerprint density at radius 3 is 2.80 bits per heavy atom. The van der Waals surface area contributed by atoms with Gasteiger partial charge in [-0.25, -0.2) is 4.98 Å². The molecule has 0 aliphatic rings. The van der Waals surface area contributed by atoms with Crippen LogP contribution < -0.4 is 4.90 Å². The van der Waals surface area contributed by atoms with E-state index in [1.165, 1.54) is 0 Å². The van der Waals surface area contributed by atoms with Gasteiger partial charge >= 0.3 is 0 Å². The molecule has 0 unspecified atom stereocenters. The first-order chi connectivity index (χ1) is 7.19. The highest BCUT2D eigenvalue weighted by Crippen LogP contribution is 2.16. The highest BCUT2D eigenvalue weighted by Gasteiger charge is 2.06. The third-order valence-corrected chi connectivity index (χ3v) is 2.87. The third-order valence-electron chi connectivity index (χ3n) is 2.28. The van der Waals surface area contributed by atoms with Gasteiger partial charge in [-0.2, -0.15) is 11.8 Å². The molecule has 0 saturated carbocycles. The predicted octanol–water partition coefficient (Wildman–Crippen LogP) is 1.68. The minimum atomic E-state index is 0.0582. The lowest BCUT2D eigenvalue weighted by Crippen LogP contribution is -2.22. The van der Waals surface area contributed by atoms with Crippen LogP contribution in [-0.4, -0.2) is 35.7 Å². The third kappa shape index (κ3) is 3.39. The van der Waals surface area contributed by atoms with Crippen molar-refractivity contribution < 1.29 is 5.11 Å². The maximum absolute atomic E-state index is 8.98. The summed E-state index contributed by atoms with van der Waals surface area (Å²) in [6, 6.07) is 1.98. The summed E-state index contributed by atoms with van der Waals surface area (Å²) in [6.07, 6.45) is 3.83. The van der Waals surface area contributed by atoms with Crippen molar-refractivity contribution in [2.75, 3.05) is 30.5 Å². The fourth-order valence-corrected chi connectivity index (χ4v) is 1.90. The molecule has 0 aliphatic heterocycles. The number of hydrogen-bond donors (Lipinski definition) is 1. The van der Waals surface area contributed by atoms with Gasteiger partial charge in [0.25, 0.3) is 0 Å². The Hall–Kier alpha value is -0.740. The van der Waals surface area contributed by atoms with E-state index in [1.807, 2.05) is 31.8 Å². The van der Waals surface area contributed by atoms with Gasteiger partial charge in [0.05, 0.1) is 6.61 Å². The van der Waals surface area contributed by atoms with Crippen molar-refractivity contribution in [3.63, 3.8) is 0 Å². The number of thioether (sulfide) groups is 1. The van der Waals surface area contributed by atoms with Gasteiger partial charge in [0.1, 0.15) is 5.82 Å². The van der Waals surface area contributed by atoms with Crippen LogP contribution in [0.4, 0.5) is 5.82 Å². The Kier molecular flexibility index (Phi) is 4.91. The Balaban J connectivity index is 2.76. The number of nitrogens with zero attached hydrogens (tertiary/aromatic N) is 2. The van der Waals surface area contributed by atoms with Crippen LogP contribution in [0.1, 0.15) is 11.1 Å². The molecule has 0 aliphatic carbocycles. The van der Waals surface area contributed by atoms with Crippen LogP contribution in [0.25, 0.3) is 0 Å². The van der Waals surface area contributed by atoms with Gasteiger partial charge in [-0.1, -0.05) is 0 Å². The number of hydrogen-bond acceptors (Lipinski definition) is 4. The number of aliphatic hydroxyl groups is 1. The summed E-state index contributed by atoms with van der Waals surface area (Å²) in [5, 5.41) is 8.98. The fraction of sp³-hybridized carbons (Fsp3) is 0.545. The molecule has 0 radical (unpaired) electrons. The molecule has 1 aromatic heterocycles. The highest BCUT2D eigenvalue weighted by molar-refractivity contribution is 7.98. The molecular formula is C11H18N2OS. The lowest BCUT2D eigenvalue weighted by Gasteiger charge is -2.19. The van der Waals surface area contributed by atoms with E-state index in [9.17, 15) is 0 Å². The monoisotopic (exact) mass is 226 g/mol. The summed E-state index contributed by atoms with van der Waals surface area (Å²) in [5.74, 6) is 2.10. The highest BCUT2D eigenvalue weighted by atomic mass is 32.2. The quantitative estimate of drug-likeness (QED) is 0.829. The SMILES string of the molecule is CSCCN(C)c1ncc(CO)cc1C. The second-order valence-electron chi connectivity index (χ2n) is 3.56. The molecule has 0 amide bonds. The van der Waals surface area contributed by atoms with E-state index < -0.39 is 0 Å². The molecule has 1 aromatic rings. The van der Waals surface area contributed by atoms with Crippen LogP contribution in [0.3, 0.4) is 0 Å². The van der Waals surface area contributed by atoms with Crippen LogP contribution in [-0.2, 0) is 6.61 Å². The second-order valence-corrected chi connectivity index (χ2v) is 4.54. The van der Waals surface area contributed by atoms with Crippen LogP contribution in [0.2, 0.25) is 0 Å². The van der Waals surface area contributed by atoms with Crippen molar-refractivity contribution in [3.05, 3.63) is 23.4 Å². The van der Waals surface area contributed by atoms with E-state index in [1.54, 1.807) is 6.20 Å². The Labute approximate surface area is 95.5 Å². The Bertz CT molecular complexity index is 317. The number of pyridine rings is 1. The van der Waals surface area contributed by atoms with Crippen LogP contribution >= 0.6 is 11.8 Å². The molecule has 1 rings (SSSR count). The van der Waals surface area contributed by atoms with Crippen LogP contribution in [0, 0.1) is 6.92 Å². The maximum Gasteiger partial charge on any atom is 0.131 e. The summed E-state index contributed by atoms with van der Waals surface area (Å²) in [4.78, 5) is 6.50. The van der Waals surface area contributed by atoms with Crippen molar-refractivity contribution in [1.82, 2.24) is 4.98 Å². The van der Waals surface area contributed by atoms with E-state index in [0.717, 1.165) is 29.2 Å². The summed E-state index contributed by atoms with van der Waals surface area (Å²) in [6.45, 7) is 3.08. The van der Waals surface area contributed by atoms with E-state index >= 15 is 0 Å². The summed E-state index contributed by atoms with van der Waals surface area (Å²) in [5.41, 5.74) is 1.99. The number of aliphatic hydroxyl groups excluding tert-OH is 1. The van der Waals surface area contributed by atoms with Gasteiger partial charge in [0.2, 0.25) is 0 Å². The zero-order valence-corrected chi connectivity index (χ0v) is 10.3. The van der Waals surface area contributed by atoms with Crippen molar-refractivity contribution >= 4 is 17.6 Å². The number of aromatic nitrogens is 1. The van der Waals surface area contributed by atoms with Crippen molar-refractivity contribution in [2.24, 2.45) is 0 Å². The molecule has 0 aromatic carbocycles. The van der Waals surface area contributed by atoms with Crippen LogP contribution in [0.5, 0.6) is 0 Å².